The molecule has 6 nitrogen and oxygen atoms in total. The Bertz CT molecular complexity index is 1390. The van der Waals surface area contributed by atoms with Crippen LogP contribution in [0.1, 0.15) is 11.3 Å². The molecule has 0 aliphatic carbocycles. The molecule has 0 saturated carbocycles. The molecule has 1 aliphatic rings. The summed E-state index contributed by atoms with van der Waals surface area (Å²) in [6, 6.07) is 14.9. The topological polar surface area (TPSA) is 82.1 Å². The summed E-state index contributed by atoms with van der Waals surface area (Å²) in [5.41, 5.74) is 1.21. The minimum absolute atomic E-state index is 0.258. The Hall–Kier alpha value is -3.22. The highest BCUT2D eigenvalue weighted by atomic mass is 31.2. The van der Waals surface area contributed by atoms with Crippen LogP contribution >= 0.6 is 7.49 Å². The summed E-state index contributed by atoms with van der Waals surface area (Å²) in [5.74, 6) is -0.588. The van der Waals surface area contributed by atoms with E-state index >= 15 is 0 Å². The third-order valence-corrected chi connectivity index (χ3v) is 9.24. The predicted molar refractivity (Wildman–Crippen MR) is 126 cm³/mol. The van der Waals surface area contributed by atoms with E-state index < -0.39 is 19.1 Å². The van der Waals surface area contributed by atoms with E-state index in [2.05, 4.69) is 15.2 Å². The van der Waals surface area contributed by atoms with Crippen LogP contribution in [0.5, 0.6) is 0 Å². The summed E-state index contributed by atoms with van der Waals surface area (Å²) >= 11 is 0. The summed E-state index contributed by atoms with van der Waals surface area (Å²) in [4.78, 5) is 29.4. The van der Waals surface area contributed by atoms with Crippen LogP contribution in [0.2, 0.25) is 0 Å². The molecular weight excluding hydrogens is 445 g/mol. The van der Waals surface area contributed by atoms with Gasteiger partial charge in [0.2, 0.25) is 0 Å². The zero-order valence-corrected chi connectivity index (χ0v) is 18.6. The van der Waals surface area contributed by atoms with Gasteiger partial charge in [-0.15, -0.1) is 0 Å². The van der Waals surface area contributed by atoms with E-state index in [1.165, 1.54) is 24.4 Å². The summed E-state index contributed by atoms with van der Waals surface area (Å²) < 4.78 is 29.0. The summed E-state index contributed by atoms with van der Waals surface area (Å²) in [7, 11) is -2.76. The molecule has 2 aromatic carbocycles. The van der Waals surface area contributed by atoms with Crippen molar-refractivity contribution in [3.05, 3.63) is 94.0 Å². The van der Waals surface area contributed by atoms with E-state index in [4.69, 9.17) is 0 Å². The van der Waals surface area contributed by atoms with Gasteiger partial charge in [0, 0.05) is 18.0 Å². The molecule has 33 heavy (non-hydrogen) atoms. The Balaban J connectivity index is 1.41. The van der Waals surface area contributed by atoms with Crippen molar-refractivity contribution in [1.82, 2.24) is 15.2 Å². The molecule has 4 aromatic rings. The lowest BCUT2D eigenvalue weighted by atomic mass is 10.0. The maximum absolute atomic E-state index is 14.8. The number of fused-ring (bicyclic) bond motifs is 1. The quantitative estimate of drug-likeness (QED) is 0.451. The second kappa shape index (κ2) is 8.61. The van der Waals surface area contributed by atoms with Gasteiger partial charge >= 0.3 is 0 Å². The number of nitrogens with zero attached hydrogens (tertiary/aromatic N) is 3. The van der Waals surface area contributed by atoms with Crippen molar-refractivity contribution in [2.45, 2.75) is 6.42 Å². The summed E-state index contributed by atoms with van der Waals surface area (Å²) in [5, 5.41) is 8.34. The largest absolute Gasteiger partial charge is 0.347 e. The van der Waals surface area contributed by atoms with Gasteiger partial charge in [-0.05, 0) is 35.9 Å². The van der Waals surface area contributed by atoms with Crippen molar-refractivity contribution >= 4 is 29.4 Å². The second-order valence-electron chi connectivity index (χ2n) is 8.17. The average Bonchev–Trinajstić information content (AvgIpc) is 2.83. The normalized spacial score (nSPS) is 15.7. The standard InChI is InChI=1S/C24H21F2N4O2P/c25-19-8-7-16(14-21-17-4-1-2-5-18(17)24(31)29-28-21)15-22(19)33(32)12-10-30(11-13-33)23-20(26)6-3-9-27-23/h1-9,15,32H,10-14H2/p+1. The lowest BCUT2D eigenvalue weighted by molar-refractivity contribution is 0.578. The fraction of sp³-hybridized carbons (Fsp3) is 0.208. The van der Waals surface area contributed by atoms with Crippen molar-refractivity contribution in [2.24, 2.45) is 0 Å². The number of benzene rings is 2. The number of aromatic nitrogens is 3. The van der Waals surface area contributed by atoms with E-state index in [9.17, 15) is 18.5 Å². The predicted octanol–water partition coefficient (Wildman–Crippen LogP) is 3.26. The molecule has 0 unspecified atom stereocenters. The van der Waals surface area contributed by atoms with Crippen molar-refractivity contribution in [1.29, 1.82) is 0 Å². The first-order valence-electron chi connectivity index (χ1n) is 10.7. The maximum Gasteiger partial charge on any atom is 0.272 e. The van der Waals surface area contributed by atoms with Gasteiger partial charge in [0.05, 0.1) is 24.2 Å². The van der Waals surface area contributed by atoms with Crippen LogP contribution in [-0.4, -0.2) is 45.5 Å². The first kappa shape index (κ1) is 21.6. The fourth-order valence-corrected chi connectivity index (χ4v) is 7.07. The molecule has 5 rings (SSSR count). The molecule has 168 valence electrons. The molecule has 0 atom stereocenters. The molecule has 2 N–H and O–H groups in total. The van der Waals surface area contributed by atoms with Crippen molar-refractivity contribution in [3.63, 3.8) is 0 Å². The van der Waals surface area contributed by atoms with Gasteiger partial charge in [0.25, 0.3) is 5.56 Å². The molecule has 0 spiro atoms. The van der Waals surface area contributed by atoms with Crippen LogP contribution in [-0.2, 0) is 6.42 Å². The Kier molecular flexibility index (Phi) is 5.64. The second-order valence-corrected chi connectivity index (χ2v) is 11.4. The van der Waals surface area contributed by atoms with Crippen LogP contribution in [0, 0.1) is 11.6 Å². The number of H-pyrrole nitrogens is 1. The van der Waals surface area contributed by atoms with Gasteiger partial charge in [0.15, 0.2) is 30.2 Å². The van der Waals surface area contributed by atoms with Gasteiger partial charge in [-0.25, -0.2) is 23.8 Å². The molecule has 9 heteroatoms. The van der Waals surface area contributed by atoms with E-state index in [0.717, 1.165) is 10.9 Å². The third kappa shape index (κ3) is 4.12. The van der Waals surface area contributed by atoms with Crippen LogP contribution in [0.3, 0.4) is 0 Å². The lowest BCUT2D eigenvalue weighted by Crippen LogP contribution is -2.40. The van der Waals surface area contributed by atoms with Crippen LogP contribution in [0.15, 0.2) is 65.6 Å². The highest BCUT2D eigenvalue weighted by Gasteiger charge is 2.45. The lowest BCUT2D eigenvalue weighted by Gasteiger charge is -2.33. The molecule has 2 aromatic heterocycles. The molecule has 0 bridgehead atoms. The number of rotatable bonds is 4. The minimum atomic E-state index is -2.76. The first-order valence-corrected chi connectivity index (χ1v) is 12.8. The zero-order valence-electron chi connectivity index (χ0n) is 17.7. The molecule has 0 amide bonds. The number of aromatic amines is 1. The van der Waals surface area contributed by atoms with E-state index in [-0.39, 0.29) is 11.4 Å². The third-order valence-electron chi connectivity index (χ3n) is 6.12. The highest BCUT2D eigenvalue weighted by Crippen LogP contribution is 2.55. The average molecular weight is 467 g/mol. The molecule has 1 saturated heterocycles. The Morgan fingerprint density at radius 2 is 1.76 bits per heavy atom. The minimum Gasteiger partial charge on any atom is -0.347 e. The SMILES string of the molecule is O=c1[nH]nc(Cc2ccc(F)c([P+]3(O)CCN(c4ncccc4F)CC3)c2)c2ccccc12. The van der Waals surface area contributed by atoms with Gasteiger partial charge in [-0.2, -0.15) is 5.10 Å². The van der Waals surface area contributed by atoms with Gasteiger partial charge in [-0.3, -0.25) is 4.79 Å². The molecular formula is C24H22F2N4O2P+. The van der Waals surface area contributed by atoms with Gasteiger partial charge in [0.1, 0.15) is 12.3 Å². The highest BCUT2D eigenvalue weighted by molar-refractivity contribution is 7.77. The zero-order chi connectivity index (χ0) is 23.0. The van der Waals surface area contributed by atoms with Crippen LogP contribution in [0.4, 0.5) is 14.6 Å². The van der Waals surface area contributed by atoms with Crippen LogP contribution in [0.25, 0.3) is 10.8 Å². The van der Waals surface area contributed by atoms with Crippen molar-refractivity contribution < 1.29 is 13.7 Å². The van der Waals surface area contributed by atoms with Crippen LogP contribution < -0.4 is 15.8 Å². The Morgan fingerprint density at radius 3 is 2.52 bits per heavy atom. The number of nitrogens with one attached hydrogen (secondary N) is 1. The number of halogens is 2. The number of hydrogen-bond donors (Lipinski definition) is 2. The Labute approximate surface area is 189 Å². The Morgan fingerprint density at radius 1 is 1.00 bits per heavy atom. The maximum atomic E-state index is 14.8. The summed E-state index contributed by atoms with van der Waals surface area (Å²) in [6.07, 6.45) is 2.62. The monoisotopic (exact) mass is 467 g/mol. The molecule has 0 radical (unpaired) electrons. The van der Waals surface area contributed by atoms with Crippen molar-refractivity contribution in [2.75, 3.05) is 30.3 Å². The van der Waals surface area contributed by atoms with E-state index in [1.54, 1.807) is 29.2 Å². The first-order chi connectivity index (χ1) is 15.9. The van der Waals surface area contributed by atoms with E-state index in [1.807, 2.05) is 12.1 Å². The van der Waals surface area contributed by atoms with Crippen molar-refractivity contribution in [3.8, 4) is 0 Å². The van der Waals surface area contributed by atoms with Gasteiger partial charge in [-0.1, -0.05) is 24.3 Å². The number of anilines is 1. The van der Waals surface area contributed by atoms with Gasteiger partial charge < -0.3 is 4.90 Å². The molecule has 1 fully saturated rings. The summed E-state index contributed by atoms with van der Waals surface area (Å²) in [6.45, 7) is 0.794. The smallest absolute Gasteiger partial charge is 0.272 e. The number of pyridine rings is 1. The fourth-order valence-electron chi connectivity index (χ4n) is 4.35. The number of hydrogen-bond acceptors (Lipinski definition) is 5. The molecule has 1 aliphatic heterocycles. The van der Waals surface area contributed by atoms with E-state index in [0.29, 0.717) is 48.2 Å². The molecule has 3 heterocycles.